The second-order valence-corrected chi connectivity index (χ2v) is 5.97. The van der Waals surface area contributed by atoms with Gasteiger partial charge in [0.2, 0.25) is 0 Å². The molecule has 0 spiro atoms. The average Bonchev–Trinajstić information content (AvgIpc) is 2.66. The maximum absolute atomic E-state index is 13.1. The van der Waals surface area contributed by atoms with E-state index in [1.807, 2.05) is 42.5 Å². The molecule has 1 amide bonds. The second-order valence-electron chi connectivity index (χ2n) is 5.56. The van der Waals surface area contributed by atoms with Crippen LogP contribution < -0.4 is 10.1 Å². The zero-order valence-corrected chi connectivity index (χ0v) is 14.5. The number of halogens is 2. The monoisotopic (exact) mass is 370 g/mol. The van der Waals surface area contributed by atoms with Gasteiger partial charge in [-0.1, -0.05) is 29.8 Å². The van der Waals surface area contributed by atoms with Gasteiger partial charge in [0.05, 0.1) is 16.3 Å². The van der Waals surface area contributed by atoms with E-state index in [1.54, 1.807) is 6.20 Å². The Labute approximate surface area is 155 Å². The van der Waals surface area contributed by atoms with Crippen molar-refractivity contribution in [3.8, 4) is 5.75 Å². The molecule has 1 heterocycles. The summed E-state index contributed by atoms with van der Waals surface area (Å²) in [5.41, 5.74) is 1.93. The fraction of sp³-hybridized carbons (Fsp3) is 0.100. The summed E-state index contributed by atoms with van der Waals surface area (Å²) < 4.78 is 18.8. The number of nitrogens with zero attached hydrogens (tertiary/aromatic N) is 1. The Kier molecular flexibility index (Phi) is 5.81. The zero-order valence-electron chi connectivity index (χ0n) is 13.8. The lowest BCUT2D eigenvalue weighted by Gasteiger charge is -2.09. The molecule has 6 heteroatoms. The van der Waals surface area contributed by atoms with Crippen LogP contribution in [0.15, 0.2) is 66.9 Å². The molecule has 26 heavy (non-hydrogen) atoms. The fourth-order valence-corrected chi connectivity index (χ4v) is 2.59. The molecule has 0 fully saturated rings. The summed E-state index contributed by atoms with van der Waals surface area (Å²) in [6, 6.07) is 16.7. The lowest BCUT2D eigenvalue weighted by atomic mass is 10.2. The molecule has 3 aromatic rings. The van der Waals surface area contributed by atoms with E-state index in [4.69, 9.17) is 16.3 Å². The number of hydrogen-bond acceptors (Lipinski definition) is 3. The topological polar surface area (TPSA) is 51.2 Å². The first-order valence-electron chi connectivity index (χ1n) is 7.97. The summed E-state index contributed by atoms with van der Waals surface area (Å²) in [7, 11) is 0. The van der Waals surface area contributed by atoms with Gasteiger partial charge in [-0.05, 0) is 48.0 Å². The van der Waals surface area contributed by atoms with Crippen LogP contribution in [-0.2, 0) is 13.2 Å². The third-order valence-corrected chi connectivity index (χ3v) is 3.95. The molecular weight excluding hydrogens is 355 g/mol. The van der Waals surface area contributed by atoms with Crippen LogP contribution in [0.1, 0.15) is 21.6 Å². The largest absolute Gasteiger partial charge is 0.487 e. The van der Waals surface area contributed by atoms with Crippen LogP contribution in [0.4, 0.5) is 4.39 Å². The van der Waals surface area contributed by atoms with Crippen molar-refractivity contribution in [3.63, 3.8) is 0 Å². The molecule has 3 rings (SSSR count). The minimum atomic E-state index is -0.482. The summed E-state index contributed by atoms with van der Waals surface area (Å²) in [5.74, 6) is -0.165. The zero-order chi connectivity index (χ0) is 18.4. The van der Waals surface area contributed by atoms with Gasteiger partial charge in [-0.3, -0.25) is 9.78 Å². The SMILES string of the molecule is O=C(NCc1cccc(OCc2ccccn2)c1)c1ccc(F)cc1Cl. The van der Waals surface area contributed by atoms with E-state index in [2.05, 4.69) is 10.3 Å². The Morgan fingerprint density at radius 2 is 2.00 bits per heavy atom. The number of rotatable bonds is 6. The van der Waals surface area contributed by atoms with Crippen LogP contribution in [0.25, 0.3) is 0 Å². The second kappa shape index (κ2) is 8.45. The molecule has 0 saturated heterocycles. The quantitative estimate of drug-likeness (QED) is 0.700. The summed E-state index contributed by atoms with van der Waals surface area (Å²) in [6.07, 6.45) is 1.71. The third-order valence-electron chi connectivity index (χ3n) is 3.64. The molecule has 0 unspecified atom stereocenters. The summed E-state index contributed by atoms with van der Waals surface area (Å²) >= 11 is 5.90. The number of benzene rings is 2. The molecule has 0 aliphatic heterocycles. The van der Waals surface area contributed by atoms with Gasteiger partial charge in [0, 0.05) is 12.7 Å². The third kappa shape index (κ3) is 4.80. The van der Waals surface area contributed by atoms with Gasteiger partial charge in [0.15, 0.2) is 0 Å². The first-order chi connectivity index (χ1) is 12.6. The van der Waals surface area contributed by atoms with Gasteiger partial charge in [-0.2, -0.15) is 0 Å². The normalized spacial score (nSPS) is 10.4. The van der Waals surface area contributed by atoms with Crippen LogP contribution in [0.5, 0.6) is 5.75 Å². The first kappa shape index (κ1) is 17.9. The summed E-state index contributed by atoms with van der Waals surface area (Å²) in [5, 5.41) is 2.84. The molecule has 0 bridgehead atoms. The van der Waals surface area contributed by atoms with Crippen molar-refractivity contribution in [3.05, 3.63) is 94.5 Å². The Bertz CT molecular complexity index is 903. The van der Waals surface area contributed by atoms with Crippen LogP contribution in [0.2, 0.25) is 5.02 Å². The lowest BCUT2D eigenvalue weighted by Crippen LogP contribution is -2.23. The van der Waals surface area contributed by atoms with E-state index in [0.29, 0.717) is 18.9 Å². The number of ether oxygens (including phenoxy) is 1. The summed E-state index contributed by atoms with van der Waals surface area (Å²) in [6.45, 7) is 0.662. The van der Waals surface area contributed by atoms with Crippen LogP contribution in [0, 0.1) is 5.82 Å². The van der Waals surface area contributed by atoms with Crippen LogP contribution >= 0.6 is 11.6 Å². The molecule has 0 saturated carbocycles. The molecule has 2 aromatic carbocycles. The predicted molar refractivity (Wildman–Crippen MR) is 97.6 cm³/mol. The number of carbonyl (C=O) groups excluding carboxylic acids is 1. The van der Waals surface area contributed by atoms with Gasteiger partial charge >= 0.3 is 0 Å². The number of carbonyl (C=O) groups is 1. The Morgan fingerprint density at radius 3 is 2.77 bits per heavy atom. The van der Waals surface area contributed by atoms with Gasteiger partial charge in [-0.15, -0.1) is 0 Å². The number of hydrogen-bond donors (Lipinski definition) is 1. The standard InChI is InChI=1S/C20H16ClFN2O2/c21-19-11-15(22)7-8-18(19)20(25)24-12-14-4-3-6-17(10-14)26-13-16-5-1-2-9-23-16/h1-11H,12-13H2,(H,24,25). The highest BCUT2D eigenvalue weighted by Crippen LogP contribution is 2.18. The number of nitrogens with one attached hydrogen (secondary N) is 1. The van der Waals surface area contributed by atoms with Gasteiger partial charge in [0.1, 0.15) is 18.2 Å². The highest BCUT2D eigenvalue weighted by Gasteiger charge is 2.11. The van der Waals surface area contributed by atoms with Crippen molar-refractivity contribution in [2.75, 3.05) is 0 Å². The van der Waals surface area contributed by atoms with E-state index in [-0.39, 0.29) is 16.5 Å². The molecule has 1 aromatic heterocycles. The van der Waals surface area contributed by atoms with Crippen molar-refractivity contribution in [2.45, 2.75) is 13.2 Å². The molecular formula is C20H16ClFN2O2. The highest BCUT2D eigenvalue weighted by molar-refractivity contribution is 6.33. The summed E-state index contributed by atoms with van der Waals surface area (Å²) in [4.78, 5) is 16.4. The lowest BCUT2D eigenvalue weighted by molar-refractivity contribution is 0.0951. The van der Waals surface area contributed by atoms with Gasteiger partial charge in [0.25, 0.3) is 5.91 Å². The molecule has 0 aliphatic carbocycles. The average molecular weight is 371 g/mol. The molecule has 0 radical (unpaired) electrons. The first-order valence-corrected chi connectivity index (χ1v) is 8.34. The Balaban J connectivity index is 1.59. The van der Waals surface area contributed by atoms with E-state index >= 15 is 0 Å². The molecule has 132 valence electrons. The van der Waals surface area contributed by atoms with Crippen LogP contribution in [-0.4, -0.2) is 10.9 Å². The molecule has 4 nitrogen and oxygen atoms in total. The molecule has 0 aliphatic rings. The molecule has 0 atom stereocenters. The maximum Gasteiger partial charge on any atom is 0.253 e. The van der Waals surface area contributed by atoms with Gasteiger partial charge in [-0.25, -0.2) is 4.39 Å². The predicted octanol–water partition coefficient (Wildman–Crippen LogP) is 4.38. The van der Waals surface area contributed by atoms with E-state index in [0.717, 1.165) is 17.3 Å². The van der Waals surface area contributed by atoms with Crippen molar-refractivity contribution >= 4 is 17.5 Å². The highest BCUT2D eigenvalue weighted by atomic mass is 35.5. The Hall–Kier alpha value is -2.92. The fourth-order valence-electron chi connectivity index (χ4n) is 2.34. The number of aromatic nitrogens is 1. The minimum Gasteiger partial charge on any atom is -0.487 e. The van der Waals surface area contributed by atoms with E-state index in [1.165, 1.54) is 12.1 Å². The van der Waals surface area contributed by atoms with Crippen molar-refractivity contribution in [1.82, 2.24) is 10.3 Å². The van der Waals surface area contributed by atoms with E-state index in [9.17, 15) is 9.18 Å². The van der Waals surface area contributed by atoms with E-state index < -0.39 is 5.82 Å². The minimum absolute atomic E-state index is 0.0787. The molecule has 1 N–H and O–H groups in total. The number of amides is 1. The maximum atomic E-state index is 13.1. The number of pyridine rings is 1. The Morgan fingerprint density at radius 1 is 1.12 bits per heavy atom. The van der Waals surface area contributed by atoms with Gasteiger partial charge < -0.3 is 10.1 Å². The van der Waals surface area contributed by atoms with Crippen LogP contribution in [0.3, 0.4) is 0 Å². The van der Waals surface area contributed by atoms with Crippen molar-refractivity contribution in [2.24, 2.45) is 0 Å². The van der Waals surface area contributed by atoms with Crippen molar-refractivity contribution in [1.29, 1.82) is 0 Å². The van der Waals surface area contributed by atoms with Crippen molar-refractivity contribution < 1.29 is 13.9 Å². The smallest absolute Gasteiger partial charge is 0.253 e.